The molecular weight excluding hydrogens is 871 g/mol. The topological polar surface area (TPSA) is 112 Å². The van der Waals surface area contributed by atoms with Crippen molar-refractivity contribution in [2.24, 2.45) is 0 Å². The van der Waals surface area contributed by atoms with Crippen LogP contribution in [0, 0.1) is 0 Å². The van der Waals surface area contributed by atoms with Gasteiger partial charge in [-0.25, -0.2) is 0 Å². The summed E-state index contributed by atoms with van der Waals surface area (Å²) in [4.78, 5) is 17.6. The number of benzene rings is 6. The van der Waals surface area contributed by atoms with Crippen molar-refractivity contribution in [2.75, 3.05) is 10.6 Å². The Kier molecular flexibility index (Phi) is 14.6. The van der Waals surface area contributed by atoms with Gasteiger partial charge in [0.05, 0.1) is 22.1 Å². The molecule has 0 fully saturated rings. The molecule has 8 nitrogen and oxygen atoms in total. The maximum atomic E-state index is 10.5. The summed E-state index contributed by atoms with van der Waals surface area (Å²) in [7, 11) is 0. The van der Waals surface area contributed by atoms with Crippen LogP contribution in [0.5, 0.6) is 0 Å². The van der Waals surface area contributed by atoms with Crippen LogP contribution < -0.4 is 30.0 Å². The van der Waals surface area contributed by atoms with Crippen LogP contribution in [0.4, 0.5) is 37.7 Å². The number of fused-ring (bicyclic) bond motifs is 2. The Morgan fingerprint density at radius 3 is 1.09 bits per heavy atom. The third-order valence-electron chi connectivity index (χ3n) is 10.9. The Morgan fingerprint density at radius 1 is 0.433 bits per heavy atom. The van der Waals surface area contributed by atoms with Crippen molar-refractivity contribution in [1.82, 2.24) is 0 Å². The van der Waals surface area contributed by atoms with Gasteiger partial charge in [-0.1, -0.05) is 133 Å². The van der Waals surface area contributed by atoms with Gasteiger partial charge in [0.2, 0.25) is 11.0 Å². The number of nitrogens with zero attached hydrogens (tertiary/aromatic N) is 2. The van der Waals surface area contributed by atoms with E-state index in [1.165, 1.54) is 66.3 Å². The van der Waals surface area contributed by atoms with E-state index in [0.29, 0.717) is 0 Å². The van der Waals surface area contributed by atoms with Gasteiger partial charge < -0.3 is 30.4 Å². The van der Waals surface area contributed by atoms with Crippen LogP contribution in [0.25, 0.3) is 34.0 Å². The van der Waals surface area contributed by atoms with Crippen molar-refractivity contribution >= 4 is 57.3 Å². The summed E-state index contributed by atoms with van der Waals surface area (Å²) in [5, 5.41) is 27.5. The number of carbonyl (C=O) groups excluding carboxylic acids is 2. The van der Waals surface area contributed by atoms with Gasteiger partial charge in [-0.2, -0.15) is 35.5 Å². The zero-order valence-corrected chi connectivity index (χ0v) is 35.7. The molecule has 2 aromatic heterocycles. The van der Waals surface area contributed by atoms with E-state index < -0.39 is 24.3 Å². The standard InChI is InChI=1S/C49H40N4.2C2HF3O2/c1-3-7-48-44(5-1)46-27-29-52(48)34-42-23-11-36(12-24-42)9-10-37-13-25-43(26-14-37)35-53-30-28-47(45-6-2-4-8-49(45)53)51-33-41-21-17-39(18-22-41)31-38-15-19-40(20-16-38)32-50-46;2*3-2(4,5)1(6)7/h1-30H,31-35H2;2*(H,6,7)/b10-9+,50-46?,51-47?;;. The quantitative estimate of drug-likeness (QED) is 0.117. The minimum atomic E-state index is -5.19. The van der Waals surface area contributed by atoms with Crippen molar-refractivity contribution in [2.45, 2.75) is 45.0 Å². The van der Waals surface area contributed by atoms with Gasteiger partial charge in [0.1, 0.15) is 11.9 Å². The number of alkyl halides is 6. The number of carboxylic acids is 2. The first-order chi connectivity index (χ1) is 32.1. The zero-order chi connectivity index (χ0) is 47.6. The summed E-state index contributed by atoms with van der Waals surface area (Å²) < 4.78 is 67.8. The van der Waals surface area contributed by atoms with Crippen LogP contribution >= 0.6 is 0 Å². The Bertz CT molecular complexity index is 2800. The Labute approximate surface area is 381 Å². The van der Waals surface area contributed by atoms with E-state index in [9.17, 15) is 26.3 Å². The molecule has 15 rings (SSSR count). The van der Waals surface area contributed by atoms with Crippen LogP contribution in [-0.2, 0) is 42.2 Å². The molecule has 0 saturated heterocycles. The number of anilines is 2. The molecule has 0 spiro atoms. The smallest absolute Gasteiger partial charge is 0.430 e. The zero-order valence-electron chi connectivity index (χ0n) is 35.7. The molecule has 67 heavy (non-hydrogen) atoms. The molecule has 9 heterocycles. The van der Waals surface area contributed by atoms with E-state index in [4.69, 9.17) is 19.8 Å². The average molecular weight is 913 g/mol. The Morgan fingerprint density at radius 2 is 0.746 bits per heavy atom. The number of rotatable bonds is 0. The fourth-order valence-electron chi connectivity index (χ4n) is 7.39. The number of hydrogen-bond donors (Lipinski definition) is 2. The largest absolute Gasteiger partial charge is 0.542 e. The molecule has 0 unspecified atom stereocenters. The highest BCUT2D eigenvalue weighted by atomic mass is 19.4. The fourth-order valence-corrected chi connectivity index (χ4v) is 7.39. The van der Waals surface area contributed by atoms with E-state index in [1.807, 2.05) is 0 Å². The first kappa shape index (κ1) is 47.0. The van der Waals surface area contributed by atoms with Crippen LogP contribution in [0.1, 0.15) is 44.5 Å². The molecule has 0 atom stereocenters. The third-order valence-corrected chi connectivity index (χ3v) is 10.9. The van der Waals surface area contributed by atoms with Crippen molar-refractivity contribution in [1.29, 1.82) is 0 Å². The van der Waals surface area contributed by atoms with Crippen molar-refractivity contribution in [3.8, 4) is 0 Å². The van der Waals surface area contributed by atoms with E-state index in [0.717, 1.165) is 44.0 Å². The predicted molar refractivity (Wildman–Crippen MR) is 241 cm³/mol. The second-order valence-electron chi connectivity index (χ2n) is 15.7. The number of pyridine rings is 2. The summed E-state index contributed by atoms with van der Waals surface area (Å²) in [6.07, 6.45) is -0.680. The second kappa shape index (κ2) is 20.9. The summed E-state index contributed by atoms with van der Waals surface area (Å²) in [5.41, 5.74) is 14.8. The van der Waals surface area contributed by atoms with Crippen LogP contribution in [0.3, 0.4) is 0 Å². The van der Waals surface area contributed by atoms with E-state index in [2.05, 4.69) is 202 Å². The molecular formula is C53H42F6N4O4. The van der Waals surface area contributed by atoms with Gasteiger partial charge in [-0.05, 0) is 51.9 Å². The summed E-state index contributed by atoms with van der Waals surface area (Å²) >= 11 is 0. The Balaban J connectivity index is 0.000000416. The normalized spacial score (nSPS) is 13.2. The molecule has 7 aliphatic heterocycles. The highest BCUT2D eigenvalue weighted by molar-refractivity contribution is 5.89. The highest BCUT2D eigenvalue weighted by Gasteiger charge is 2.29. The van der Waals surface area contributed by atoms with Gasteiger partial charge in [-0.3, -0.25) is 0 Å². The maximum Gasteiger partial charge on any atom is 0.430 e. The van der Waals surface area contributed by atoms with Gasteiger partial charge in [0.15, 0.2) is 25.5 Å². The first-order valence-corrected chi connectivity index (χ1v) is 21.0. The number of aliphatic carboxylic acids is 2. The monoisotopic (exact) mass is 912 g/mol. The number of carbonyl (C=O) groups is 2. The number of para-hydroxylation sites is 2. The molecule has 7 aliphatic rings. The molecule has 2 N–H and O–H groups in total. The lowest BCUT2D eigenvalue weighted by molar-refractivity contribution is -0.662. The van der Waals surface area contributed by atoms with Crippen LogP contribution in [0.15, 0.2) is 170 Å². The summed E-state index contributed by atoms with van der Waals surface area (Å²) in [6.45, 7) is 3.16. The SMILES string of the molecule is C1=C/c2ccc(cc2)C[n+]2ccc(c3ccccc32)NCc2ccc(cc2)Cc2ccc(cc2)CNc2cc[n+](c3ccccc23)Cc2ccc/1cc2.O=C([O-])C(F)(F)F.O=C([O-])C(F)(F)F. The van der Waals surface area contributed by atoms with E-state index in [1.54, 1.807) is 0 Å². The summed E-state index contributed by atoms with van der Waals surface area (Å²) in [6, 6.07) is 57.6. The predicted octanol–water partition coefficient (Wildman–Crippen LogP) is 8.56. The number of halogens is 6. The summed E-state index contributed by atoms with van der Waals surface area (Å²) in [5.74, 6) is -6.01. The third kappa shape index (κ3) is 12.8. The minimum Gasteiger partial charge on any atom is -0.542 e. The lowest BCUT2D eigenvalue weighted by atomic mass is 10.0. The van der Waals surface area contributed by atoms with Crippen molar-refractivity contribution in [3.05, 3.63) is 215 Å². The van der Waals surface area contributed by atoms with Gasteiger partial charge in [0, 0.05) is 48.5 Å². The molecule has 8 aromatic rings. The maximum absolute atomic E-state index is 10.5. The molecule has 0 aliphatic carbocycles. The van der Waals surface area contributed by atoms with Gasteiger partial charge in [-0.15, -0.1) is 0 Å². The lowest BCUT2D eigenvalue weighted by Crippen LogP contribution is -2.37. The highest BCUT2D eigenvalue weighted by Crippen LogP contribution is 2.24. The number of carboxylic acid groups (broad SMARTS) is 2. The molecule has 0 saturated carbocycles. The van der Waals surface area contributed by atoms with Crippen LogP contribution in [0.2, 0.25) is 0 Å². The van der Waals surface area contributed by atoms with Crippen molar-refractivity contribution < 1.29 is 55.3 Å². The molecule has 14 heteroatoms. The van der Waals surface area contributed by atoms with E-state index >= 15 is 0 Å². The lowest BCUT2D eigenvalue weighted by Gasteiger charge is -2.11. The fraction of sp³-hybridized carbons (Fsp3) is 0.132. The number of hydrogen-bond acceptors (Lipinski definition) is 6. The molecule has 6 aromatic carbocycles. The first-order valence-electron chi connectivity index (χ1n) is 21.0. The molecule has 0 radical (unpaired) electrons. The molecule has 340 valence electrons. The number of aromatic nitrogens is 2. The van der Waals surface area contributed by atoms with Gasteiger partial charge in [0.25, 0.3) is 0 Å². The second-order valence-corrected chi connectivity index (χ2v) is 15.7. The molecule has 0 amide bonds. The molecule has 12 bridgehead atoms. The van der Waals surface area contributed by atoms with E-state index in [-0.39, 0.29) is 0 Å². The van der Waals surface area contributed by atoms with Crippen LogP contribution in [-0.4, -0.2) is 24.3 Å². The van der Waals surface area contributed by atoms with Gasteiger partial charge >= 0.3 is 12.4 Å². The number of nitrogens with one attached hydrogen (secondary N) is 2. The van der Waals surface area contributed by atoms with Crippen molar-refractivity contribution in [3.63, 3.8) is 0 Å². The Hall–Kier alpha value is -8.00. The minimum absolute atomic E-state index is 0.770. The average Bonchev–Trinajstić information content (AvgIpc) is 3.32.